The van der Waals surface area contributed by atoms with Gasteiger partial charge < -0.3 is 10.1 Å². The number of nitrogens with one attached hydrogen (secondary N) is 1. The van der Waals surface area contributed by atoms with Crippen molar-refractivity contribution in [3.05, 3.63) is 18.0 Å². The summed E-state index contributed by atoms with van der Waals surface area (Å²) in [4.78, 5) is 0. The van der Waals surface area contributed by atoms with Gasteiger partial charge >= 0.3 is 0 Å². The molecule has 0 bridgehead atoms. The van der Waals surface area contributed by atoms with Gasteiger partial charge in [0.1, 0.15) is 0 Å². The van der Waals surface area contributed by atoms with Crippen molar-refractivity contribution in [2.75, 3.05) is 20.3 Å². The minimum absolute atomic E-state index is 0.345. The molecule has 0 spiro atoms. The molecule has 0 radical (unpaired) electrons. The van der Waals surface area contributed by atoms with E-state index in [-0.39, 0.29) is 0 Å². The zero-order valence-electron chi connectivity index (χ0n) is 11.3. The second-order valence-electron chi connectivity index (χ2n) is 4.28. The summed E-state index contributed by atoms with van der Waals surface area (Å²) in [6, 6.07) is 0.345. The molecule has 0 aliphatic carbocycles. The molecular weight excluding hydrogens is 214 g/mol. The first kappa shape index (κ1) is 14.2. The number of hydrogen-bond donors (Lipinski definition) is 1. The lowest BCUT2D eigenvalue weighted by Gasteiger charge is -2.14. The predicted octanol–water partition coefficient (Wildman–Crippen LogP) is 2.37. The second-order valence-corrected chi connectivity index (χ2v) is 4.28. The molecule has 0 saturated carbocycles. The molecule has 1 rings (SSSR count). The Bertz CT molecular complexity index is 299. The maximum Gasteiger partial charge on any atom is 0.0537 e. The molecule has 0 aliphatic heterocycles. The van der Waals surface area contributed by atoms with Crippen molar-refractivity contribution in [2.45, 2.75) is 45.7 Å². The van der Waals surface area contributed by atoms with E-state index in [1.165, 1.54) is 5.56 Å². The van der Waals surface area contributed by atoms with Crippen LogP contribution in [0.25, 0.3) is 0 Å². The Morgan fingerprint density at radius 2 is 2.18 bits per heavy atom. The van der Waals surface area contributed by atoms with E-state index >= 15 is 0 Å². The van der Waals surface area contributed by atoms with Crippen LogP contribution in [0.1, 0.15) is 44.7 Å². The fraction of sp³-hybridized carbons (Fsp3) is 0.769. The van der Waals surface area contributed by atoms with Crippen LogP contribution in [0.5, 0.6) is 0 Å². The number of ether oxygens (including phenoxy) is 1. The maximum absolute atomic E-state index is 5.52. The summed E-state index contributed by atoms with van der Waals surface area (Å²) in [5.74, 6) is 0. The van der Waals surface area contributed by atoms with Gasteiger partial charge in [-0.2, -0.15) is 5.10 Å². The van der Waals surface area contributed by atoms with Gasteiger partial charge in [-0.1, -0.05) is 13.8 Å². The Morgan fingerprint density at radius 1 is 1.35 bits per heavy atom. The highest BCUT2D eigenvalue weighted by atomic mass is 16.5. The van der Waals surface area contributed by atoms with E-state index in [4.69, 9.17) is 4.74 Å². The van der Waals surface area contributed by atoms with Gasteiger partial charge in [-0.05, 0) is 26.3 Å². The van der Waals surface area contributed by atoms with E-state index < -0.39 is 0 Å². The lowest BCUT2D eigenvalue weighted by Crippen LogP contribution is -2.18. The van der Waals surface area contributed by atoms with Crippen molar-refractivity contribution in [2.24, 2.45) is 0 Å². The van der Waals surface area contributed by atoms with Crippen LogP contribution < -0.4 is 5.32 Å². The van der Waals surface area contributed by atoms with Crippen LogP contribution in [0.4, 0.5) is 0 Å². The van der Waals surface area contributed by atoms with Crippen molar-refractivity contribution >= 4 is 0 Å². The van der Waals surface area contributed by atoms with Crippen LogP contribution in [0, 0.1) is 0 Å². The van der Waals surface area contributed by atoms with E-state index in [0.717, 1.165) is 39.0 Å². The molecule has 0 aromatic carbocycles. The summed E-state index contributed by atoms with van der Waals surface area (Å²) in [5, 5.41) is 7.67. The van der Waals surface area contributed by atoms with Crippen molar-refractivity contribution in [3.63, 3.8) is 0 Å². The van der Waals surface area contributed by atoms with Crippen LogP contribution in [0.3, 0.4) is 0 Å². The summed E-state index contributed by atoms with van der Waals surface area (Å²) in [6.07, 6.45) is 7.28. The zero-order chi connectivity index (χ0) is 12.5. The van der Waals surface area contributed by atoms with Crippen LogP contribution in [-0.4, -0.2) is 30.0 Å². The van der Waals surface area contributed by atoms with Gasteiger partial charge in [0.05, 0.1) is 6.20 Å². The molecule has 4 nitrogen and oxygen atoms in total. The normalized spacial score (nSPS) is 12.9. The van der Waals surface area contributed by atoms with Gasteiger partial charge in [0.15, 0.2) is 0 Å². The molecule has 1 aromatic heterocycles. The SMILES string of the molecule is CCCOCCC(NC)c1cnn(CCC)c1. The maximum atomic E-state index is 5.52. The Kier molecular flexibility index (Phi) is 6.89. The molecule has 1 N–H and O–H groups in total. The molecule has 1 heterocycles. The summed E-state index contributed by atoms with van der Waals surface area (Å²) in [5.41, 5.74) is 1.25. The van der Waals surface area contributed by atoms with E-state index in [2.05, 4.69) is 30.5 Å². The quantitative estimate of drug-likeness (QED) is 0.672. The van der Waals surface area contributed by atoms with Crippen LogP contribution in [0.2, 0.25) is 0 Å². The molecule has 0 amide bonds. The highest BCUT2D eigenvalue weighted by molar-refractivity contribution is 5.10. The third-order valence-electron chi connectivity index (χ3n) is 2.76. The van der Waals surface area contributed by atoms with E-state index in [9.17, 15) is 0 Å². The Labute approximate surface area is 104 Å². The summed E-state index contributed by atoms with van der Waals surface area (Å²) in [6.45, 7) is 6.94. The minimum atomic E-state index is 0.345. The third kappa shape index (κ3) is 4.88. The summed E-state index contributed by atoms with van der Waals surface area (Å²) >= 11 is 0. The molecule has 1 aromatic rings. The summed E-state index contributed by atoms with van der Waals surface area (Å²) < 4.78 is 7.53. The molecular formula is C13H25N3O. The van der Waals surface area contributed by atoms with Crippen LogP contribution in [0.15, 0.2) is 12.4 Å². The van der Waals surface area contributed by atoms with Crippen molar-refractivity contribution in [1.82, 2.24) is 15.1 Å². The highest BCUT2D eigenvalue weighted by Gasteiger charge is 2.11. The largest absolute Gasteiger partial charge is 0.381 e. The van der Waals surface area contributed by atoms with Gasteiger partial charge in [0, 0.05) is 37.6 Å². The Morgan fingerprint density at radius 3 is 2.82 bits per heavy atom. The number of nitrogens with zero attached hydrogens (tertiary/aromatic N) is 2. The molecule has 0 aliphatic rings. The first-order valence-corrected chi connectivity index (χ1v) is 6.59. The van der Waals surface area contributed by atoms with Crippen LogP contribution in [-0.2, 0) is 11.3 Å². The van der Waals surface area contributed by atoms with Crippen LogP contribution >= 0.6 is 0 Å². The average Bonchev–Trinajstić information content (AvgIpc) is 2.78. The minimum Gasteiger partial charge on any atom is -0.381 e. The van der Waals surface area contributed by atoms with Crippen molar-refractivity contribution < 1.29 is 4.74 Å². The van der Waals surface area contributed by atoms with Crippen molar-refractivity contribution in [3.8, 4) is 0 Å². The molecule has 0 saturated heterocycles. The monoisotopic (exact) mass is 239 g/mol. The fourth-order valence-corrected chi connectivity index (χ4v) is 1.84. The van der Waals surface area contributed by atoms with E-state index in [0.29, 0.717) is 6.04 Å². The zero-order valence-corrected chi connectivity index (χ0v) is 11.3. The number of aryl methyl sites for hydroxylation is 1. The topological polar surface area (TPSA) is 39.1 Å². The molecule has 17 heavy (non-hydrogen) atoms. The lowest BCUT2D eigenvalue weighted by atomic mass is 10.1. The fourth-order valence-electron chi connectivity index (χ4n) is 1.84. The summed E-state index contributed by atoms with van der Waals surface area (Å²) in [7, 11) is 1.99. The highest BCUT2D eigenvalue weighted by Crippen LogP contribution is 2.15. The standard InChI is InChI=1S/C13H25N3O/c1-4-7-16-11-12(10-15-16)13(14-3)6-9-17-8-5-2/h10-11,13-14H,4-9H2,1-3H3. The van der Waals surface area contributed by atoms with E-state index in [1.807, 2.05) is 17.9 Å². The number of rotatable bonds is 9. The van der Waals surface area contributed by atoms with Gasteiger partial charge in [0.2, 0.25) is 0 Å². The van der Waals surface area contributed by atoms with Crippen molar-refractivity contribution in [1.29, 1.82) is 0 Å². The van der Waals surface area contributed by atoms with Gasteiger partial charge in [-0.25, -0.2) is 0 Å². The average molecular weight is 239 g/mol. The Balaban J connectivity index is 2.42. The van der Waals surface area contributed by atoms with Gasteiger partial charge in [-0.3, -0.25) is 4.68 Å². The van der Waals surface area contributed by atoms with E-state index in [1.54, 1.807) is 0 Å². The smallest absolute Gasteiger partial charge is 0.0537 e. The van der Waals surface area contributed by atoms with Gasteiger partial charge in [0.25, 0.3) is 0 Å². The number of aromatic nitrogens is 2. The number of hydrogen-bond acceptors (Lipinski definition) is 3. The first-order valence-electron chi connectivity index (χ1n) is 6.59. The first-order chi connectivity index (χ1) is 8.31. The van der Waals surface area contributed by atoms with Gasteiger partial charge in [-0.15, -0.1) is 0 Å². The predicted molar refractivity (Wildman–Crippen MR) is 70.0 cm³/mol. The molecule has 98 valence electrons. The molecule has 4 heteroatoms. The Hall–Kier alpha value is -0.870. The molecule has 1 unspecified atom stereocenters. The molecule has 1 atom stereocenters. The third-order valence-corrected chi connectivity index (χ3v) is 2.76. The molecule has 0 fully saturated rings. The lowest BCUT2D eigenvalue weighted by molar-refractivity contribution is 0.125. The second kappa shape index (κ2) is 8.25.